The number of pyridine rings is 1. The Hall–Kier alpha value is -3.67. The van der Waals surface area contributed by atoms with Crippen molar-refractivity contribution in [3.05, 3.63) is 83.7 Å². The van der Waals surface area contributed by atoms with Crippen LogP contribution in [0.2, 0.25) is 0 Å². The molecular formula is C22H21N3O3. The van der Waals surface area contributed by atoms with Gasteiger partial charge in [0.2, 0.25) is 0 Å². The second kappa shape index (κ2) is 8.81. The van der Waals surface area contributed by atoms with Crippen LogP contribution in [0.25, 0.3) is 0 Å². The highest BCUT2D eigenvalue weighted by atomic mass is 16.5. The molecule has 0 atom stereocenters. The molecule has 0 saturated carbocycles. The summed E-state index contributed by atoms with van der Waals surface area (Å²) in [5.41, 5.74) is 4.24. The number of esters is 1. The topological polar surface area (TPSA) is 80.3 Å². The van der Waals surface area contributed by atoms with Gasteiger partial charge in [0, 0.05) is 17.6 Å². The number of hydrogen-bond donors (Lipinski definition) is 2. The molecule has 1 amide bonds. The van der Waals surface area contributed by atoms with Gasteiger partial charge >= 0.3 is 5.97 Å². The zero-order valence-corrected chi connectivity index (χ0v) is 15.7. The van der Waals surface area contributed by atoms with Gasteiger partial charge in [0.25, 0.3) is 5.91 Å². The van der Waals surface area contributed by atoms with E-state index in [1.165, 1.54) is 11.8 Å². The molecule has 0 saturated heterocycles. The highest BCUT2D eigenvalue weighted by Gasteiger charge is 2.10. The average Bonchev–Trinajstić information content (AvgIpc) is 2.71. The van der Waals surface area contributed by atoms with Crippen LogP contribution < -0.4 is 10.6 Å². The average molecular weight is 375 g/mol. The van der Waals surface area contributed by atoms with E-state index in [1.54, 1.807) is 43.5 Å². The van der Waals surface area contributed by atoms with Crippen molar-refractivity contribution in [1.82, 2.24) is 4.98 Å². The molecule has 2 aromatic carbocycles. The Balaban J connectivity index is 1.67. The van der Waals surface area contributed by atoms with Gasteiger partial charge in [-0.05, 0) is 56.3 Å². The van der Waals surface area contributed by atoms with Crippen molar-refractivity contribution in [3.63, 3.8) is 0 Å². The standard InChI is InChI=1S/C22H21N3O3/c1-3-28-22(27)16-6-10-19(11-7-16)25-21(26)17-12-20(14-23-13-17)24-18-8-4-15(2)5-9-18/h4-14,24H,3H2,1-2H3,(H,25,26). The number of nitrogens with zero attached hydrogens (tertiary/aromatic N) is 1. The van der Waals surface area contributed by atoms with Gasteiger partial charge in [0.15, 0.2) is 0 Å². The highest BCUT2D eigenvalue weighted by molar-refractivity contribution is 6.04. The molecule has 3 aromatic rings. The molecule has 3 rings (SSSR count). The Labute approximate surface area is 163 Å². The summed E-state index contributed by atoms with van der Waals surface area (Å²) in [4.78, 5) is 28.3. The molecule has 142 valence electrons. The number of aromatic nitrogens is 1. The van der Waals surface area contributed by atoms with Crippen molar-refractivity contribution >= 4 is 28.9 Å². The first-order valence-corrected chi connectivity index (χ1v) is 8.92. The zero-order chi connectivity index (χ0) is 19.9. The van der Waals surface area contributed by atoms with Crippen LogP contribution in [0.5, 0.6) is 0 Å². The minimum Gasteiger partial charge on any atom is -0.462 e. The van der Waals surface area contributed by atoms with E-state index in [1.807, 2.05) is 31.2 Å². The van der Waals surface area contributed by atoms with Crippen molar-refractivity contribution in [1.29, 1.82) is 0 Å². The number of carbonyl (C=O) groups excluding carboxylic acids is 2. The third-order valence-corrected chi connectivity index (χ3v) is 3.99. The maximum Gasteiger partial charge on any atom is 0.338 e. The monoisotopic (exact) mass is 375 g/mol. The number of nitrogens with one attached hydrogen (secondary N) is 2. The van der Waals surface area contributed by atoms with Gasteiger partial charge in [-0.3, -0.25) is 9.78 Å². The van der Waals surface area contributed by atoms with E-state index in [0.29, 0.717) is 29.1 Å². The maximum absolute atomic E-state index is 12.5. The van der Waals surface area contributed by atoms with Gasteiger partial charge in [-0.1, -0.05) is 17.7 Å². The van der Waals surface area contributed by atoms with E-state index in [2.05, 4.69) is 15.6 Å². The van der Waals surface area contributed by atoms with Gasteiger partial charge < -0.3 is 15.4 Å². The summed E-state index contributed by atoms with van der Waals surface area (Å²) in [6, 6.07) is 16.2. The van der Waals surface area contributed by atoms with E-state index in [4.69, 9.17) is 4.74 Å². The van der Waals surface area contributed by atoms with Crippen LogP contribution in [0.3, 0.4) is 0 Å². The summed E-state index contributed by atoms with van der Waals surface area (Å²) >= 11 is 0. The van der Waals surface area contributed by atoms with E-state index in [0.717, 1.165) is 5.69 Å². The summed E-state index contributed by atoms with van der Waals surface area (Å²) in [5, 5.41) is 6.02. The molecule has 6 nitrogen and oxygen atoms in total. The number of hydrogen-bond acceptors (Lipinski definition) is 5. The molecule has 0 aliphatic carbocycles. The number of aryl methyl sites for hydroxylation is 1. The Morgan fingerprint density at radius 3 is 2.25 bits per heavy atom. The fourth-order valence-corrected chi connectivity index (χ4v) is 2.54. The number of carbonyl (C=O) groups is 2. The third kappa shape index (κ3) is 4.94. The minimum absolute atomic E-state index is 0.288. The fraction of sp³-hybridized carbons (Fsp3) is 0.136. The highest BCUT2D eigenvalue weighted by Crippen LogP contribution is 2.18. The molecular weight excluding hydrogens is 354 g/mol. The van der Waals surface area contributed by atoms with Gasteiger partial charge in [0.1, 0.15) is 0 Å². The summed E-state index contributed by atoms with van der Waals surface area (Å²) in [6.45, 7) is 4.09. The minimum atomic E-state index is -0.389. The van der Waals surface area contributed by atoms with Gasteiger partial charge in [-0.15, -0.1) is 0 Å². The van der Waals surface area contributed by atoms with Crippen LogP contribution in [0.4, 0.5) is 17.1 Å². The van der Waals surface area contributed by atoms with Crippen molar-refractivity contribution in [3.8, 4) is 0 Å². The molecule has 0 radical (unpaired) electrons. The number of anilines is 3. The first-order chi connectivity index (χ1) is 13.5. The second-order valence-electron chi connectivity index (χ2n) is 6.21. The Kier molecular flexibility index (Phi) is 6.01. The van der Waals surface area contributed by atoms with Crippen molar-refractivity contribution < 1.29 is 14.3 Å². The zero-order valence-electron chi connectivity index (χ0n) is 15.7. The second-order valence-corrected chi connectivity index (χ2v) is 6.21. The van der Waals surface area contributed by atoms with Crippen LogP contribution in [-0.4, -0.2) is 23.5 Å². The summed E-state index contributed by atoms with van der Waals surface area (Å²) in [7, 11) is 0. The lowest BCUT2D eigenvalue weighted by Crippen LogP contribution is -2.13. The summed E-state index contributed by atoms with van der Waals surface area (Å²) in [6.07, 6.45) is 3.16. The fourth-order valence-electron chi connectivity index (χ4n) is 2.54. The number of amides is 1. The molecule has 0 unspecified atom stereocenters. The molecule has 0 spiro atoms. The molecule has 0 aliphatic rings. The smallest absolute Gasteiger partial charge is 0.338 e. The van der Waals surface area contributed by atoms with E-state index >= 15 is 0 Å². The van der Waals surface area contributed by atoms with E-state index in [-0.39, 0.29) is 11.9 Å². The molecule has 0 bridgehead atoms. The summed E-state index contributed by atoms with van der Waals surface area (Å²) < 4.78 is 4.95. The normalized spacial score (nSPS) is 10.2. The number of ether oxygens (including phenoxy) is 1. The molecule has 28 heavy (non-hydrogen) atoms. The van der Waals surface area contributed by atoms with Crippen LogP contribution in [0.1, 0.15) is 33.2 Å². The van der Waals surface area contributed by atoms with Crippen LogP contribution in [-0.2, 0) is 4.74 Å². The van der Waals surface area contributed by atoms with Gasteiger partial charge in [0.05, 0.1) is 29.6 Å². The lowest BCUT2D eigenvalue weighted by molar-refractivity contribution is 0.0526. The first-order valence-electron chi connectivity index (χ1n) is 8.92. The van der Waals surface area contributed by atoms with Crippen molar-refractivity contribution in [2.24, 2.45) is 0 Å². The van der Waals surface area contributed by atoms with Gasteiger partial charge in [-0.2, -0.15) is 0 Å². The summed E-state index contributed by atoms with van der Waals surface area (Å²) in [5.74, 6) is -0.677. The third-order valence-electron chi connectivity index (χ3n) is 3.99. The Morgan fingerprint density at radius 1 is 0.893 bits per heavy atom. The molecule has 1 aromatic heterocycles. The van der Waals surface area contributed by atoms with E-state index < -0.39 is 0 Å². The van der Waals surface area contributed by atoms with Crippen LogP contribution >= 0.6 is 0 Å². The Bertz CT molecular complexity index is 967. The SMILES string of the molecule is CCOC(=O)c1ccc(NC(=O)c2cncc(Nc3ccc(C)cc3)c2)cc1. The largest absolute Gasteiger partial charge is 0.462 e. The quantitative estimate of drug-likeness (QED) is 0.617. The molecule has 0 fully saturated rings. The Morgan fingerprint density at radius 2 is 1.57 bits per heavy atom. The van der Waals surface area contributed by atoms with Crippen molar-refractivity contribution in [2.45, 2.75) is 13.8 Å². The predicted octanol–water partition coefficient (Wildman–Crippen LogP) is 4.56. The maximum atomic E-state index is 12.5. The van der Waals surface area contributed by atoms with E-state index in [9.17, 15) is 9.59 Å². The molecule has 6 heteroatoms. The van der Waals surface area contributed by atoms with Crippen LogP contribution in [0.15, 0.2) is 67.0 Å². The van der Waals surface area contributed by atoms with Crippen LogP contribution in [0, 0.1) is 6.92 Å². The van der Waals surface area contributed by atoms with Gasteiger partial charge in [-0.25, -0.2) is 4.79 Å². The molecule has 2 N–H and O–H groups in total. The number of benzene rings is 2. The lowest BCUT2D eigenvalue weighted by Gasteiger charge is -2.09. The molecule has 1 heterocycles. The first kappa shape index (κ1) is 19.1. The predicted molar refractivity (Wildman–Crippen MR) is 109 cm³/mol. The van der Waals surface area contributed by atoms with Crippen molar-refractivity contribution in [2.75, 3.05) is 17.2 Å². The number of rotatable bonds is 6. The lowest BCUT2D eigenvalue weighted by atomic mass is 10.2. The molecule has 0 aliphatic heterocycles.